The molecular formula is C46H48ClN5O8S. The summed E-state index contributed by atoms with van der Waals surface area (Å²) in [5.74, 6) is -0.0965. The average Bonchev–Trinajstić information content (AvgIpc) is 3.75. The number of aromatic nitrogens is 2. The van der Waals surface area contributed by atoms with E-state index in [0.717, 1.165) is 31.2 Å². The smallest absolute Gasteiger partial charge is 0.420 e. The summed E-state index contributed by atoms with van der Waals surface area (Å²) >= 11 is 7.39. The van der Waals surface area contributed by atoms with E-state index in [1.54, 1.807) is 48.5 Å². The first-order valence-electron chi connectivity index (χ1n) is 20.3. The number of benzene rings is 5. The Labute approximate surface area is 363 Å². The molecule has 0 saturated heterocycles. The molecule has 5 aromatic carbocycles. The van der Waals surface area contributed by atoms with Crippen molar-refractivity contribution in [2.24, 2.45) is 0 Å². The van der Waals surface area contributed by atoms with Crippen molar-refractivity contribution in [1.82, 2.24) is 10.2 Å². The number of carbonyl (C=O) groups excluding carboxylic acids is 2. The van der Waals surface area contributed by atoms with Gasteiger partial charge in [0.2, 0.25) is 11.6 Å². The van der Waals surface area contributed by atoms with E-state index >= 15 is 0 Å². The van der Waals surface area contributed by atoms with Gasteiger partial charge in [0.1, 0.15) is 11.5 Å². The van der Waals surface area contributed by atoms with E-state index in [1.165, 1.54) is 74.1 Å². The molecular weight excluding hydrogens is 818 g/mol. The van der Waals surface area contributed by atoms with Crippen LogP contribution in [0.1, 0.15) is 87.1 Å². The molecule has 0 fully saturated rings. The van der Waals surface area contributed by atoms with Crippen molar-refractivity contribution in [3.05, 3.63) is 123 Å². The minimum atomic E-state index is -0.831. The third-order valence-electron chi connectivity index (χ3n) is 10.1. The molecule has 0 spiro atoms. The minimum Gasteiger partial charge on any atom is -0.506 e. The maximum absolute atomic E-state index is 14.2. The largest absolute Gasteiger partial charge is 0.506 e. The van der Waals surface area contributed by atoms with Crippen LogP contribution in [-0.2, 0) is 5.75 Å². The fourth-order valence-corrected chi connectivity index (χ4v) is 7.80. The van der Waals surface area contributed by atoms with Crippen LogP contribution in [-0.4, -0.2) is 45.9 Å². The van der Waals surface area contributed by atoms with Gasteiger partial charge in [-0.2, -0.15) is 0 Å². The number of phenols is 1. The Morgan fingerprint density at radius 2 is 1.57 bits per heavy atom. The summed E-state index contributed by atoms with van der Waals surface area (Å²) in [6, 6.07) is 26.7. The molecule has 6 aromatic rings. The van der Waals surface area contributed by atoms with Crippen LogP contribution in [0.3, 0.4) is 0 Å². The van der Waals surface area contributed by atoms with E-state index in [0.29, 0.717) is 56.0 Å². The number of carbonyl (C=O) groups is 2. The highest BCUT2D eigenvalue weighted by molar-refractivity contribution is 7.98. The van der Waals surface area contributed by atoms with E-state index in [2.05, 4.69) is 22.4 Å². The maximum atomic E-state index is 14.2. The summed E-state index contributed by atoms with van der Waals surface area (Å²) in [6.07, 6.45) is 10.0. The Morgan fingerprint density at radius 3 is 2.30 bits per heavy atom. The van der Waals surface area contributed by atoms with Crippen molar-refractivity contribution in [3.63, 3.8) is 0 Å². The number of aromatic hydroxyl groups is 1. The monoisotopic (exact) mass is 865 g/mol. The predicted molar refractivity (Wildman–Crippen MR) is 239 cm³/mol. The van der Waals surface area contributed by atoms with Gasteiger partial charge in [0.05, 0.1) is 29.0 Å². The first kappa shape index (κ1) is 44.4. The number of rotatable bonds is 21. The first-order valence-corrected chi connectivity index (χ1v) is 21.7. The Bertz CT molecular complexity index is 2450. The molecule has 0 aliphatic carbocycles. The number of nitrogens with zero attached hydrogens (tertiary/aromatic N) is 4. The second kappa shape index (κ2) is 21.9. The van der Waals surface area contributed by atoms with Gasteiger partial charge < -0.3 is 24.3 Å². The van der Waals surface area contributed by atoms with Crippen molar-refractivity contribution in [1.29, 1.82) is 0 Å². The van der Waals surface area contributed by atoms with E-state index in [-0.39, 0.29) is 35.0 Å². The lowest BCUT2D eigenvalue weighted by Gasteiger charge is -2.24. The second-order valence-corrected chi connectivity index (χ2v) is 15.8. The molecule has 2 amide bonds. The number of ether oxygens (including phenoxy) is 2. The van der Waals surface area contributed by atoms with Gasteiger partial charge in [-0.05, 0) is 60.5 Å². The molecule has 6 rings (SSSR count). The van der Waals surface area contributed by atoms with Gasteiger partial charge in [-0.1, -0.05) is 131 Å². The number of hydrogen-bond acceptors (Lipinski definition) is 11. The van der Waals surface area contributed by atoms with Gasteiger partial charge in [-0.15, -0.1) is 10.2 Å². The highest BCUT2D eigenvalue weighted by Gasteiger charge is 2.26. The van der Waals surface area contributed by atoms with Crippen LogP contribution in [0.4, 0.5) is 21.9 Å². The van der Waals surface area contributed by atoms with Crippen LogP contribution in [0.25, 0.3) is 22.2 Å². The molecule has 0 aliphatic rings. The molecule has 0 atom stereocenters. The molecule has 0 bridgehead atoms. The number of nitrogens with one attached hydrogen (secondary N) is 1. The number of hydrogen-bond donors (Lipinski definition) is 2. The zero-order chi connectivity index (χ0) is 43.1. The number of thioether (sulfide) groups is 1. The van der Waals surface area contributed by atoms with Crippen LogP contribution in [0, 0.1) is 10.1 Å². The normalized spacial score (nSPS) is 11.1. The number of amides is 2. The van der Waals surface area contributed by atoms with E-state index < -0.39 is 16.9 Å². The van der Waals surface area contributed by atoms with Crippen LogP contribution in [0.5, 0.6) is 17.2 Å². The number of fused-ring (bicyclic) bond motifs is 1. The zero-order valence-corrected chi connectivity index (χ0v) is 35.7. The molecule has 0 unspecified atom stereocenters. The summed E-state index contributed by atoms with van der Waals surface area (Å²) in [4.78, 5) is 40.8. The molecule has 1 heterocycles. The van der Waals surface area contributed by atoms with Crippen LogP contribution >= 0.6 is 23.4 Å². The van der Waals surface area contributed by atoms with Crippen molar-refractivity contribution in [3.8, 4) is 28.7 Å². The number of methoxy groups -OCH3 is 1. The number of nitro benzene ring substituents is 1. The Morgan fingerprint density at radius 1 is 0.852 bits per heavy atom. The summed E-state index contributed by atoms with van der Waals surface area (Å²) in [6.45, 7) is 2.44. The van der Waals surface area contributed by atoms with E-state index in [9.17, 15) is 24.8 Å². The summed E-state index contributed by atoms with van der Waals surface area (Å²) in [5.41, 5.74) is 1.68. The Hall–Kier alpha value is -6.12. The Kier molecular flexibility index (Phi) is 16.0. The molecule has 13 nitrogen and oxygen atoms in total. The predicted octanol–water partition coefficient (Wildman–Crippen LogP) is 12.6. The first-order chi connectivity index (χ1) is 29.7. The Balaban J connectivity index is 1.21. The third-order valence-corrected chi connectivity index (χ3v) is 11.2. The van der Waals surface area contributed by atoms with E-state index in [4.69, 9.17) is 25.5 Å². The lowest BCUT2D eigenvalue weighted by Crippen LogP contribution is -2.34. The number of anilines is 2. The molecule has 15 heteroatoms. The number of nitro groups is 1. The number of phenolic OH excluding ortho intramolecular Hbond substituents is 1. The minimum absolute atomic E-state index is 0.0138. The third kappa shape index (κ3) is 11.8. The fraction of sp³-hybridized carbons (Fsp3) is 0.304. The molecule has 0 saturated carbocycles. The number of unbranched alkanes of at least 4 members (excludes halogenated alkanes) is 9. The fourth-order valence-electron chi connectivity index (χ4n) is 6.92. The standard InChI is InChI=1S/C46H48ClN5O8S/c1-3-4-5-6-7-8-9-10-11-15-27-51(38-20-16-19-35-34(38)23-24-36(42(35)53)43(54)48-37-29-33(47)22-26-40(37)58-2)46(55)59-41-25-21-31(28-39(41)52(56)57)30-61-45-50-49-44(60-45)32-17-13-12-14-18-32/h12-14,16-26,28-29,53H,3-11,15,27,30H2,1-2H3,(H,48,54). The van der Waals surface area contributed by atoms with Gasteiger partial charge in [-0.3, -0.25) is 19.8 Å². The van der Waals surface area contributed by atoms with E-state index in [1.807, 2.05) is 30.3 Å². The highest BCUT2D eigenvalue weighted by atomic mass is 35.5. The highest BCUT2D eigenvalue weighted by Crippen LogP contribution is 2.38. The van der Waals surface area contributed by atoms with Gasteiger partial charge in [0, 0.05) is 39.7 Å². The van der Waals surface area contributed by atoms with Gasteiger partial charge in [0.15, 0.2) is 0 Å². The molecule has 61 heavy (non-hydrogen) atoms. The maximum Gasteiger partial charge on any atom is 0.420 e. The van der Waals surface area contributed by atoms with Gasteiger partial charge >= 0.3 is 11.8 Å². The molecule has 1 aromatic heterocycles. The zero-order valence-electron chi connectivity index (χ0n) is 34.1. The summed E-state index contributed by atoms with van der Waals surface area (Å²) in [5, 5.41) is 36.2. The molecule has 318 valence electrons. The molecule has 0 aliphatic heterocycles. The SMILES string of the molecule is CCCCCCCCCCCCN(C(=O)Oc1ccc(CSc2nnc(-c3ccccc3)o2)cc1[N+](=O)[O-])c1cccc2c(O)c(C(=O)Nc3cc(Cl)ccc3OC)ccc12. The summed E-state index contributed by atoms with van der Waals surface area (Å²) < 4.78 is 17.0. The van der Waals surface area contributed by atoms with Crippen molar-refractivity contribution < 1.29 is 33.5 Å². The lowest BCUT2D eigenvalue weighted by molar-refractivity contribution is -0.385. The summed E-state index contributed by atoms with van der Waals surface area (Å²) in [7, 11) is 1.47. The average molecular weight is 866 g/mol. The lowest BCUT2D eigenvalue weighted by atomic mass is 10.0. The van der Waals surface area contributed by atoms with Gasteiger partial charge in [0.25, 0.3) is 11.1 Å². The van der Waals surface area contributed by atoms with Crippen molar-refractivity contribution in [2.45, 2.75) is 82.1 Å². The van der Waals surface area contributed by atoms with Crippen LogP contribution in [0.15, 0.2) is 107 Å². The van der Waals surface area contributed by atoms with Crippen molar-refractivity contribution >= 4 is 63.2 Å². The van der Waals surface area contributed by atoms with Crippen LogP contribution < -0.4 is 19.7 Å². The number of halogens is 1. The van der Waals surface area contributed by atoms with Crippen LogP contribution in [0.2, 0.25) is 5.02 Å². The molecule has 2 N–H and O–H groups in total. The van der Waals surface area contributed by atoms with Gasteiger partial charge in [-0.25, -0.2) is 4.79 Å². The molecule has 0 radical (unpaired) electrons. The van der Waals surface area contributed by atoms with Crippen molar-refractivity contribution in [2.75, 3.05) is 23.9 Å². The quantitative estimate of drug-likeness (QED) is 0.0305. The topological polar surface area (TPSA) is 170 Å². The second-order valence-electron chi connectivity index (χ2n) is 14.4.